The Kier molecular flexibility index (Phi) is 9.98. The van der Waals surface area contributed by atoms with Crippen LogP contribution in [0, 0.1) is 11.8 Å². The molecule has 0 aromatic carbocycles. The largest absolute Gasteiger partial charge is 0.469 e. The molecule has 0 aliphatic carbocycles. The number of methoxy groups -OCH3 is 1. The number of hydrogen-bond donors (Lipinski definition) is 2. The minimum atomic E-state index is -3.47. The molecule has 2 unspecified atom stereocenters. The molecule has 2 atom stereocenters. The fourth-order valence-electron chi connectivity index (χ4n) is 2.85. The lowest BCUT2D eigenvalue weighted by Gasteiger charge is -2.21. The van der Waals surface area contributed by atoms with Crippen molar-refractivity contribution in [1.82, 2.24) is 14.9 Å². The van der Waals surface area contributed by atoms with E-state index in [4.69, 9.17) is 4.74 Å². The molecular formula is C16H27IN4O4S2. The highest BCUT2D eigenvalue weighted by Gasteiger charge is 2.36. The Hall–Kier alpha value is -0.920. The lowest BCUT2D eigenvalue weighted by atomic mass is 9.99. The molecule has 0 amide bonds. The maximum atomic E-state index is 12.1. The predicted molar refractivity (Wildman–Crippen MR) is 117 cm³/mol. The number of rotatable bonds is 7. The number of aliphatic imine (C=N–C) groups is 1. The number of hydrogen-bond acceptors (Lipinski definition) is 6. The molecule has 1 saturated heterocycles. The fourth-order valence-corrected chi connectivity index (χ4v) is 4.91. The van der Waals surface area contributed by atoms with Crippen molar-refractivity contribution in [3.05, 3.63) is 17.5 Å². The number of ether oxygens (including phenoxy) is 1. The van der Waals surface area contributed by atoms with Crippen LogP contribution in [0.3, 0.4) is 0 Å². The molecule has 2 rings (SSSR count). The smallest absolute Gasteiger partial charge is 0.310 e. The van der Waals surface area contributed by atoms with Crippen LogP contribution in [0.4, 0.5) is 0 Å². The van der Waals surface area contributed by atoms with E-state index in [0.29, 0.717) is 36.3 Å². The van der Waals surface area contributed by atoms with Gasteiger partial charge in [-0.3, -0.25) is 9.79 Å². The highest BCUT2D eigenvalue weighted by molar-refractivity contribution is 14.0. The van der Waals surface area contributed by atoms with Crippen molar-refractivity contribution < 1.29 is 17.9 Å². The van der Waals surface area contributed by atoms with Crippen LogP contribution in [-0.4, -0.2) is 65.1 Å². The molecule has 0 saturated carbocycles. The number of carbonyl (C=O) groups is 1. The first kappa shape index (κ1) is 24.1. The van der Waals surface area contributed by atoms with E-state index < -0.39 is 10.0 Å². The average molecular weight is 530 g/mol. The molecule has 1 aromatic rings. The molecule has 154 valence electrons. The van der Waals surface area contributed by atoms with Crippen molar-refractivity contribution in [2.45, 2.75) is 18.1 Å². The topological polar surface area (TPSA) is 100 Å². The van der Waals surface area contributed by atoms with Gasteiger partial charge in [-0.05, 0) is 24.3 Å². The van der Waals surface area contributed by atoms with Gasteiger partial charge in [-0.25, -0.2) is 13.1 Å². The Morgan fingerprint density at radius 3 is 2.78 bits per heavy atom. The highest BCUT2D eigenvalue weighted by Crippen LogP contribution is 2.24. The molecule has 11 heteroatoms. The number of esters is 1. The summed E-state index contributed by atoms with van der Waals surface area (Å²) in [5.41, 5.74) is 0. The highest BCUT2D eigenvalue weighted by atomic mass is 127. The van der Waals surface area contributed by atoms with Crippen LogP contribution in [0.25, 0.3) is 0 Å². The van der Waals surface area contributed by atoms with Crippen LogP contribution in [0.5, 0.6) is 0 Å². The predicted octanol–water partition coefficient (Wildman–Crippen LogP) is 1.35. The standard InChI is InChI=1S/C16H26N4O4S2.HI/c1-4-17-16(20-10-12(2)13(11-20)15(21)24-3)18-7-8-19-26(22,23)14-6-5-9-25-14;/h5-6,9,12-13,19H,4,7-8,10-11H2,1-3H3,(H,17,18);1H. The molecule has 1 aromatic heterocycles. The summed E-state index contributed by atoms with van der Waals surface area (Å²) in [4.78, 5) is 18.4. The van der Waals surface area contributed by atoms with E-state index in [0.717, 1.165) is 0 Å². The summed E-state index contributed by atoms with van der Waals surface area (Å²) in [6, 6.07) is 3.27. The maximum absolute atomic E-state index is 12.1. The summed E-state index contributed by atoms with van der Waals surface area (Å²) in [7, 11) is -2.07. The van der Waals surface area contributed by atoms with Crippen molar-refractivity contribution in [2.75, 3.05) is 39.8 Å². The van der Waals surface area contributed by atoms with Gasteiger partial charge in [-0.15, -0.1) is 35.3 Å². The molecule has 1 aliphatic heterocycles. The van der Waals surface area contributed by atoms with Gasteiger partial charge in [-0.1, -0.05) is 13.0 Å². The summed E-state index contributed by atoms with van der Waals surface area (Å²) in [6.45, 7) is 6.42. The minimum absolute atomic E-state index is 0. The molecule has 1 aliphatic rings. The molecule has 8 nitrogen and oxygen atoms in total. The number of halogens is 1. The molecule has 2 N–H and O–H groups in total. The Morgan fingerprint density at radius 1 is 1.44 bits per heavy atom. The van der Waals surface area contributed by atoms with Crippen LogP contribution in [0.1, 0.15) is 13.8 Å². The van der Waals surface area contributed by atoms with E-state index in [9.17, 15) is 13.2 Å². The Bertz CT molecular complexity index is 725. The van der Waals surface area contributed by atoms with Gasteiger partial charge in [-0.2, -0.15) is 0 Å². The van der Waals surface area contributed by atoms with E-state index in [1.165, 1.54) is 18.4 Å². The van der Waals surface area contributed by atoms with Gasteiger partial charge in [0.15, 0.2) is 5.96 Å². The van der Waals surface area contributed by atoms with E-state index in [1.807, 2.05) is 18.7 Å². The zero-order chi connectivity index (χ0) is 19.2. The second kappa shape index (κ2) is 11.2. The van der Waals surface area contributed by atoms with Gasteiger partial charge in [0, 0.05) is 26.2 Å². The number of nitrogens with one attached hydrogen (secondary N) is 2. The lowest BCUT2D eigenvalue weighted by Crippen LogP contribution is -2.41. The molecule has 0 spiro atoms. The van der Waals surface area contributed by atoms with Gasteiger partial charge < -0.3 is 15.0 Å². The Morgan fingerprint density at radius 2 is 2.19 bits per heavy atom. The van der Waals surface area contributed by atoms with Crippen molar-refractivity contribution in [1.29, 1.82) is 0 Å². The Balaban J connectivity index is 0.00000364. The second-order valence-electron chi connectivity index (χ2n) is 6.08. The van der Waals surface area contributed by atoms with Crippen molar-refractivity contribution >= 4 is 57.3 Å². The van der Waals surface area contributed by atoms with E-state index in [-0.39, 0.29) is 48.3 Å². The lowest BCUT2D eigenvalue weighted by molar-refractivity contribution is -0.145. The molecule has 27 heavy (non-hydrogen) atoms. The number of carbonyl (C=O) groups excluding carboxylic acids is 1. The van der Waals surface area contributed by atoms with Gasteiger partial charge in [0.2, 0.25) is 10.0 Å². The van der Waals surface area contributed by atoms with Crippen molar-refractivity contribution in [3.63, 3.8) is 0 Å². The summed E-state index contributed by atoms with van der Waals surface area (Å²) in [6.07, 6.45) is 0. The van der Waals surface area contributed by atoms with Crippen LogP contribution < -0.4 is 10.0 Å². The number of nitrogens with zero attached hydrogens (tertiary/aromatic N) is 2. The van der Waals surface area contributed by atoms with Crippen molar-refractivity contribution in [2.24, 2.45) is 16.8 Å². The second-order valence-corrected chi connectivity index (χ2v) is 9.02. The number of guanidine groups is 1. The average Bonchev–Trinajstić information content (AvgIpc) is 3.27. The SMILES string of the molecule is CCNC(=NCCNS(=O)(=O)c1cccs1)N1CC(C)C(C(=O)OC)C1.I. The van der Waals surface area contributed by atoms with E-state index in [2.05, 4.69) is 15.0 Å². The normalized spacial score (nSPS) is 20.3. The Labute approximate surface area is 181 Å². The summed E-state index contributed by atoms with van der Waals surface area (Å²) in [5, 5.41) is 4.92. The summed E-state index contributed by atoms with van der Waals surface area (Å²) in [5.74, 6) is 0.463. The van der Waals surface area contributed by atoms with Crippen LogP contribution in [0.15, 0.2) is 26.7 Å². The fraction of sp³-hybridized carbons (Fsp3) is 0.625. The van der Waals surface area contributed by atoms with Gasteiger partial charge in [0.05, 0.1) is 19.6 Å². The maximum Gasteiger partial charge on any atom is 0.310 e. The molecule has 1 fully saturated rings. The van der Waals surface area contributed by atoms with Crippen molar-refractivity contribution in [3.8, 4) is 0 Å². The third-order valence-corrected chi connectivity index (χ3v) is 7.03. The molecular weight excluding hydrogens is 503 g/mol. The molecule has 2 heterocycles. The number of thiophene rings is 1. The van der Waals surface area contributed by atoms with E-state index >= 15 is 0 Å². The number of sulfonamides is 1. The van der Waals surface area contributed by atoms with E-state index in [1.54, 1.807) is 17.5 Å². The first-order valence-electron chi connectivity index (χ1n) is 8.53. The van der Waals surface area contributed by atoms with Crippen LogP contribution in [0.2, 0.25) is 0 Å². The van der Waals surface area contributed by atoms with Gasteiger partial charge in [0.1, 0.15) is 4.21 Å². The quantitative estimate of drug-likeness (QED) is 0.182. The summed E-state index contributed by atoms with van der Waals surface area (Å²) >= 11 is 1.18. The monoisotopic (exact) mass is 530 g/mol. The third-order valence-electron chi connectivity index (χ3n) is 4.18. The first-order chi connectivity index (χ1) is 12.4. The summed E-state index contributed by atoms with van der Waals surface area (Å²) < 4.78 is 31.9. The minimum Gasteiger partial charge on any atom is -0.469 e. The molecule has 0 bridgehead atoms. The van der Waals surface area contributed by atoms with Crippen LogP contribution in [-0.2, 0) is 19.6 Å². The first-order valence-corrected chi connectivity index (χ1v) is 10.9. The van der Waals surface area contributed by atoms with Gasteiger partial charge >= 0.3 is 5.97 Å². The molecule has 0 radical (unpaired) electrons. The zero-order valence-corrected chi connectivity index (χ0v) is 19.6. The zero-order valence-electron chi connectivity index (χ0n) is 15.7. The number of likely N-dealkylation sites (tertiary alicyclic amines) is 1. The van der Waals surface area contributed by atoms with Crippen LogP contribution >= 0.6 is 35.3 Å². The van der Waals surface area contributed by atoms with Gasteiger partial charge in [0.25, 0.3) is 0 Å². The third kappa shape index (κ3) is 6.57.